The van der Waals surface area contributed by atoms with Gasteiger partial charge in [0.1, 0.15) is 5.54 Å². The Morgan fingerprint density at radius 3 is 2.70 bits per heavy atom. The molecule has 108 valence electrons. The third-order valence-electron chi connectivity index (χ3n) is 4.47. The van der Waals surface area contributed by atoms with Gasteiger partial charge in [0.25, 0.3) is 0 Å². The number of likely N-dealkylation sites (tertiary alicyclic amines) is 1. The normalized spacial score (nSPS) is 22.6. The molecule has 2 N–H and O–H groups in total. The molecule has 0 aliphatic carbocycles. The second kappa shape index (κ2) is 6.39. The zero-order valence-electron chi connectivity index (χ0n) is 12.5. The predicted molar refractivity (Wildman–Crippen MR) is 82.0 cm³/mol. The summed E-state index contributed by atoms with van der Waals surface area (Å²) in [6, 6.07) is 12.7. The Bertz CT molecular complexity index is 463. The molecular formula is C17H25N3. The lowest BCUT2D eigenvalue weighted by Crippen LogP contribution is -2.41. The van der Waals surface area contributed by atoms with Gasteiger partial charge in [0.15, 0.2) is 0 Å². The van der Waals surface area contributed by atoms with Gasteiger partial charge in [0.05, 0.1) is 6.07 Å². The highest BCUT2D eigenvalue weighted by Crippen LogP contribution is 2.27. The SMILES string of the molecule is CC(C)C1CCCN1CCC(N)(C#N)c1ccccc1. The first-order valence-corrected chi connectivity index (χ1v) is 7.56. The van der Waals surface area contributed by atoms with E-state index in [1.54, 1.807) is 0 Å². The lowest BCUT2D eigenvalue weighted by Gasteiger charge is -2.30. The van der Waals surface area contributed by atoms with Crippen LogP contribution in [0.25, 0.3) is 0 Å². The third-order valence-corrected chi connectivity index (χ3v) is 4.47. The maximum absolute atomic E-state index is 9.49. The molecule has 0 aromatic heterocycles. The van der Waals surface area contributed by atoms with E-state index < -0.39 is 5.54 Å². The quantitative estimate of drug-likeness (QED) is 0.896. The molecule has 1 heterocycles. The molecule has 0 radical (unpaired) electrons. The zero-order valence-corrected chi connectivity index (χ0v) is 12.5. The molecule has 1 aromatic carbocycles. The first kappa shape index (κ1) is 15.0. The Labute approximate surface area is 122 Å². The number of nitrogens with two attached hydrogens (primary N) is 1. The first-order valence-electron chi connectivity index (χ1n) is 7.56. The number of nitriles is 1. The molecule has 2 atom stereocenters. The monoisotopic (exact) mass is 271 g/mol. The number of nitrogens with zero attached hydrogens (tertiary/aromatic N) is 2. The Balaban J connectivity index is 2.03. The van der Waals surface area contributed by atoms with Crippen LogP contribution in [0.2, 0.25) is 0 Å². The zero-order chi connectivity index (χ0) is 14.6. The summed E-state index contributed by atoms with van der Waals surface area (Å²) < 4.78 is 0. The van der Waals surface area contributed by atoms with E-state index in [1.165, 1.54) is 12.8 Å². The number of rotatable bonds is 5. The Morgan fingerprint density at radius 2 is 2.10 bits per heavy atom. The van der Waals surface area contributed by atoms with Crippen LogP contribution in [0, 0.1) is 17.2 Å². The molecule has 1 aromatic rings. The Hall–Kier alpha value is -1.37. The minimum Gasteiger partial charge on any atom is -0.310 e. The number of hydrogen-bond acceptors (Lipinski definition) is 3. The minimum atomic E-state index is -0.870. The second-order valence-corrected chi connectivity index (χ2v) is 6.19. The van der Waals surface area contributed by atoms with Crippen LogP contribution in [0.15, 0.2) is 30.3 Å². The average Bonchev–Trinajstić information content (AvgIpc) is 2.94. The molecule has 0 amide bonds. The van der Waals surface area contributed by atoms with Gasteiger partial charge in [-0.1, -0.05) is 44.2 Å². The Morgan fingerprint density at radius 1 is 1.40 bits per heavy atom. The predicted octanol–water partition coefficient (Wildman–Crippen LogP) is 2.87. The molecule has 1 fully saturated rings. The maximum atomic E-state index is 9.49. The van der Waals surface area contributed by atoms with Crippen molar-refractivity contribution in [2.24, 2.45) is 11.7 Å². The molecule has 0 saturated carbocycles. The van der Waals surface area contributed by atoms with Crippen LogP contribution in [0.1, 0.15) is 38.7 Å². The average molecular weight is 271 g/mol. The van der Waals surface area contributed by atoms with Crippen molar-refractivity contribution < 1.29 is 0 Å². The molecule has 1 aliphatic heterocycles. The van der Waals surface area contributed by atoms with E-state index in [4.69, 9.17) is 5.73 Å². The van der Waals surface area contributed by atoms with E-state index in [0.717, 1.165) is 18.7 Å². The van der Waals surface area contributed by atoms with Crippen LogP contribution in [-0.4, -0.2) is 24.0 Å². The highest BCUT2D eigenvalue weighted by molar-refractivity contribution is 5.30. The van der Waals surface area contributed by atoms with Gasteiger partial charge >= 0.3 is 0 Å². The summed E-state index contributed by atoms with van der Waals surface area (Å²) in [6.07, 6.45) is 3.22. The summed E-state index contributed by atoms with van der Waals surface area (Å²) in [4.78, 5) is 2.51. The van der Waals surface area contributed by atoms with Gasteiger partial charge in [0.2, 0.25) is 0 Å². The fourth-order valence-electron chi connectivity index (χ4n) is 3.20. The van der Waals surface area contributed by atoms with E-state index in [0.29, 0.717) is 18.4 Å². The molecule has 1 aliphatic rings. The van der Waals surface area contributed by atoms with Gasteiger partial charge in [0, 0.05) is 12.6 Å². The van der Waals surface area contributed by atoms with E-state index >= 15 is 0 Å². The summed E-state index contributed by atoms with van der Waals surface area (Å²) in [7, 11) is 0. The Kier molecular flexibility index (Phi) is 4.80. The van der Waals surface area contributed by atoms with Crippen LogP contribution in [0.4, 0.5) is 0 Å². The topological polar surface area (TPSA) is 53.0 Å². The van der Waals surface area contributed by atoms with Crippen molar-refractivity contribution in [1.29, 1.82) is 5.26 Å². The van der Waals surface area contributed by atoms with Crippen LogP contribution in [0.3, 0.4) is 0 Å². The van der Waals surface area contributed by atoms with E-state index in [9.17, 15) is 5.26 Å². The van der Waals surface area contributed by atoms with Crippen LogP contribution >= 0.6 is 0 Å². The van der Waals surface area contributed by atoms with Crippen molar-refractivity contribution in [1.82, 2.24) is 4.90 Å². The maximum Gasteiger partial charge on any atom is 0.131 e. The van der Waals surface area contributed by atoms with Gasteiger partial charge in [-0.25, -0.2) is 0 Å². The third kappa shape index (κ3) is 3.20. The molecule has 2 unspecified atom stereocenters. The van der Waals surface area contributed by atoms with Crippen molar-refractivity contribution in [2.75, 3.05) is 13.1 Å². The number of hydrogen-bond donors (Lipinski definition) is 1. The van der Waals surface area contributed by atoms with Crippen molar-refractivity contribution >= 4 is 0 Å². The number of benzene rings is 1. The molecule has 2 rings (SSSR count). The summed E-state index contributed by atoms with van der Waals surface area (Å²) >= 11 is 0. The van der Waals surface area contributed by atoms with Crippen LogP contribution < -0.4 is 5.73 Å². The van der Waals surface area contributed by atoms with E-state index in [2.05, 4.69) is 24.8 Å². The summed E-state index contributed by atoms with van der Waals surface area (Å²) in [6.45, 7) is 6.60. The van der Waals surface area contributed by atoms with E-state index in [-0.39, 0.29) is 0 Å². The van der Waals surface area contributed by atoms with Gasteiger partial charge in [-0.05, 0) is 37.3 Å². The van der Waals surface area contributed by atoms with Crippen molar-refractivity contribution in [3.8, 4) is 6.07 Å². The minimum absolute atomic E-state index is 0.647. The highest BCUT2D eigenvalue weighted by Gasteiger charge is 2.31. The van der Waals surface area contributed by atoms with Crippen LogP contribution in [-0.2, 0) is 5.54 Å². The smallest absolute Gasteiger partial charge is 0.131 e. The van der Waals surface area contributed by atoms with E-state index in [1.807, 2.05) is 30.3 Å². The fourth-order valence-corrected chi connectivity index (χ4v) is 3.20. The fraction of sp³-hybridized carbons (Fsp3) is 0.588. The molecule has 20 heavy (non-hydrogen) atoms. The van der Waals surface area contributed by atoms with Gasteiger partial charge in [-0.3, -0.25) is 0 Å². The first-order chi connectivity index (χ1) is 9.57. The second-order valence-electron chi connectivity index (χ2n) is 6.19. The summed E-state index contributed by atoms with van der Waals surface area (Å²) in [5.74, 6) is 0.670. The largest absolute Gasteiger partial charge is 0.310 e. The standard InChI is InChI=1S/C17H25N3/c1-14(2)16-9-6-11-20(16)12-10-17(19,13-18)15-7-4-3-5-8-15/h3-5,7-8,14,16H,6,9-12,19H2,1-2H3. The molecular weight excluding hydrogens is 246 g/mol. The van der Waals surface area contributed by atoms with Crippen molar-refractivity contribution in [2.45, 2.75) is 44.7 Å². The molecule has 0 spiro atoms. The molecule has 3 nitrogen and oxygen atoms in total. The van der Waals surface area contributed by atoms with Crippen molar-refractivity contribution in [3.63, 3.8) is 0 Å². The van der Waals surface area contributed by atoms with Crippen LogP contribution in [0.5, 0.6) is 0 Å². The molecule has 0 bridgehead atoms. The van der Waals surface area contributed by atoms with Gasteiger partial charge in [-0.15, -0.1) is 0 Å². The van der Waals surface area contributed by atoms with Gasteiger partial charge in [-0.2, -0.15) is 5.26 Å². The highest BCUT2D eigenvalue weighted by atomic mass is 15.2. The lowest BCUT2D eigenvalue weighted by molar-refractivity contribution is 0.194. The molecule has 1 saturated heterocycles. The van der Waals surface area contributed by atoms with Crippen molar-refractivity contribution in [3.05, 3.63) is 35.9 Å². The lowest BCUT2D eigenvalue weighted by atomic mass is 9.88. The van der Waals surface area contributed by atoms with Gasteiger partial charge < -0.3 is 10.6 Å². The summed E-state index contributed by atoms with van der Waals surface area (Å²) in [5.41, 5.74) is 6.38. The summed E-state index contributed by atoms with van der Waals surface area (Å²) in [5, 5.41) is 9.49. The molecule has 3 heteroatoms.